The Balaban J connectivity index is 1.51. The van der Waals surface area contributed by atoms with Gasteiger partial charge in [-0.05, 0) is 43.7 Å². The van der Waals surface area contributed by atoms with Gasteiger partial charge in [0.05, 0.1) is 31.8 Å². The lowest BCUT2D eigenvalue weighted by Crippen LogP contribution is -2.28. The van der Waals surface area contributed by atoms with Gasteiger partial charge in [-0.2, -0.15) is 5.10 Å². The van der Waals surface area contributed by atoms with E-state index < -0.39 is 5.82 Å². The molecule has 152 valence electrons. The zero-order valence-electron chi connectivity index (χ0n) is 16.3. The van der Waals surface area contributed by atoms with Crippen LogP contribution >= 0.6 is 0 Å². The highest BCUT2D eigenvalue weighted by Gasteiger charge is 2.20. The number of hydrogen-bond donors (Lipinski definition) is 1. The summed E-state index contributed by atoms with van der Waals surface area (Å²) >= 11 is 0. The molecular formula is C21H24FN5O2. The van der Waals surface area contributed by atoms with Crippen LogP contribution in [0.2, 0.25) is 0 Å². The number of hydrogen-bond acceptors (Lipinski definition) is 6. The second-order valence-corrected chi connectivity index (χ2v) is 7.32. The van der Waals surface area contributed by atoms with Crippen LogP contribution in [0.25, 0.3) is 16.9 Å². The molecule has 7 nitrogen and oxygen atoms in total. The van der Waals surface area contributed by atoms with Gasteiger partial charge >= 0.3 is 0 Å². The minimum Gasteiger partial charge on any atom is -0.494 e. The van der Waals surface area contributed by atoms with Crippen molar-refractivity contribution < 1.29 is 13.9 Å². The number of nitrogens with zero attached hydrogens (tertiary/aromatic N) is 4. The highest BCUT2D eigenvalue weighted by Crippen LogP contribution is 2.30. The van der Waals surface area contributed by atoms with Crippen LogP contribution in [0.15, 0.2) is 43.1 Å². The van der Waals surface area contributed by atoms with Crippen LogP contribution in [0.3, 0.4) is 0 Å². The topological polar surface area (TPSA) is 88.1 Å². The quantitative estimate of drug-likeness (QED) is 0.686. The molecule has 0 unspecified atom stereocenters. The van der Waals surface area contributed by atoms with E-state index in [9.17, 15) is 4.39 Å². The monoisotopic (exact) mass is 397 g/mol. The van der Waals surface area contributed by atoms with Crippen LogP contribution in [-0.2, 0) is 0 Å². The van der Waals surface area contributed by atoms with Crippen molar-refractivity contribution in [3.63, 3.8) is 0 Å². The zero-order valence-corrected chi connectivity index (χ0v) is 16.3. The molecule has 1 aromatic carbocycles. The van der Waals surface area contributed by atoms with E-state index in [0.717, 1.165) is 31.2 Å². The molecule has 2 heterocycles. The molecule has 0 aliphatic heterocycles. The summed E-state index contributed by atoms with van der Waals surface area (Å²) in [5, 5.41) is 4.34. The lowest BCUT2D eigenvalue weighted by Gasteiger charge is -2.26. The van der Waals surface area contributed by atoms with Crippen molar-refractivity contribution >= 4 is 0 Å². The smallest absolute Gasteiger partial charge is 0.167 e. The van der Waals surface area contributed by atoms with Gasteiger partial charge in [0.15, 0.2) is 17.3 Å². The molecule has 0 saturated heterocycles. The fourth-order valence-corrected chi connectivity index (χ4v) is 3.59. The van der Waals surface area contributed by atoms with Crippen molar-refractivity contribution in [1.82, 2.24) is 19.7 Å². The fraction of sp³-hybridized carbons (Fsp3) is 0.381. The van der Waals surface area contributed by atoms with Gasteiger partial charge in [-0.25, -0.2) is 19.0 Å². The number of nitrogens with two attached hydrogens (primary N) is 1. The molecule has 3 aromatic rings. The summed E-state index contributed by atoms with van der Waals surface area (Å²) in [7, 11) is 1.43. The lowest BCUT2D eigenvalue weighted by molar-refractivity contribution is 0.200. The predicted molar refractivity (Wildman–Crippen MR) is 107 cm³/mol. The third-order valence-corrected chi connectivity index (χ3v) is 5.30. The normalized spacial score (nSPS) is 19.1. The largest absolute Gasteiger partial charge is 0.494 e. The van der Waals surface area contributed by atoms with Crippen LogP contribution in [0, 0.1) is 11.7 Å². The molecule has 2 aromatic heterocycles. The van der Waals surface area contributed by atoms with E-state index in [1.807, 2.05) is 0 Å². The molecule has 1 fully saturated rings. The Morgan fingerprint density at radius 3 is 2.76 bits per heavy atom. The average Bonchev–Trinajstić information content (AvgIpc) is 3.23. The summed E-state index contributed by atoms with van der Waals surface area (Å²) in [5.74, 6) is 0.854. The molecule has 1 saturated carbocycles. The average molecular weight is 397 g/mol. The van der Waals surface area contributed by atoms with Crippen LogP contribution in [0.4, 0.5) is 4.39 Å². The Kier molecular flexibility index (Phi) is 5.71. The fourth-order valence-electron chi connectivity index (χ4n) is 3.59. The molecule has 29 heavy (non-hydrogen) atoms. The van der Waals surface area contributed by atoms with Crippen LogP contribution in [-0.4, -0.2) is 39.5 Å². The molecule has 0 spiro atoms. The summed E-state index contributed by atoms with van der Waals surface area (Å²) in [6.45, 7) is 0.616. The second-order valence-electron chi connectivity index (χ2n) is 7.32. The van der Waals surface area contributed by atoms with Gasteiger partial charge < -0.3 is 15.2 Å². The first-order chi connectivity index (χ1) is 14.1. The van der Waals surface area contributed by atoms with Gasteiger partial charge in [0.2, 0.25) is 0 Å². The molecule has 0 amide bonds. The third-order valence-electron chi connectivity index (χ3n) is 5.30. The van der Waals surface area contributed by atoms with Gasteiger partial charge in [0, 0.05) is 23.9 Å². The first-order valence-corrected chi connectivity index (χ1v) is 9.71. The number of methoxy groups -OCH3 is 1. The number of benzene rings is 1. The Morgan fingerprint density at radius 2 is 2.00 bits per heavy atom. The maximum Gasteiger partial charge on any atom is 0.167 e. The number of aromatic nitrogens is 4. The third kappa shape index (κ3) is 4.37. The lowest BCUT2D eigenvalue weighted by atomic mass is 9.87. The molecule has 0 radical (unpaired) electrons. The van der Waals surface area contributed by atoms with E-state index in [0.29, 0.717) is 35.7 Å². The molecular weight excluding hydrogens is 373 g/mol. The summed E-state index contributed by atoms with van der Waals surface area (Å²) in [5.41, 5.74) is 8.00. The molecule has 1 aliphatic carbocycles. The van der Waals surface area contributed by atoms with E-state index in [-0.39, 0.29) is 5.75 Å². The van der Waals surface area contributed by atoms with Gasteiger partial charge in [-0.3, -0.25) is 0 Å². The Bertz CT molecular complexity index is 969. The minimum absolute atomic E-state index is 0.191. The van der Waals surface area contributed by atoms with Gasteiger partial charge in [-0.1, -0.05) is 0 Å². The van der Waals surface area contributed by atoms with Crippen molar-refractivity contribution in [3.05, 3.63) is 48.9 Å². The molecule has 0 atom stereocenters. The van der Waals surface area contributed by atoms with Crippen molar-refractivity contribution in [3.8, 4) is 28.4 Å². The maximum atomic E-state index is 14.0. The molecule has 8 heteroatoms. The van der Waals surface area contributed by atoms with Crippen LogP contribution < -0.4 is 15.2 Å². The first kappa shape index (κ1) is 19.3. The van der Waals surface area contributed by atoms with Gasteiger partial charge in [-0.15, -0.1) is 0 Å². The Labute approximate surface area is 168 Å². The van der Waals surface area contributed by atoms with Gasteiger partial charge in [0.1, 0.15) is 12.0 Å². The molecule has 0 bridgehead atoms. The van der Waals surface area contributed by atoms with Crippen molar-refractivity contribution in [2.75, 3.05) is 13.7 Å². The first-order valence-electron chi connectivity index (χ1n) is 9.71. The molecule has 2 N–H and O–H groups in total. The van der Waals surface area contributed by atoms with E-state index in [1.165, 1.54) is 19.5 Å². The number of ether oxygens (including phenoxy) is 2. The Morgan fingerprint density at radius 1 is 1.17 bits per heavy atom. The number of rotatable bonds is 6. The minimum atomic E-state index is -0.444. The SMILES string of the molecule is COc1ccc(-n2cc(-c3ncncc3OC[C@H]3CC[C@@H](N)CC3)cn2)cc1F. The molecule has 1 aliphatic rings. The zero-order chi connectivity index (χ0) is 20.2. The van der Waals surface area contributed by atoms with Crippen molar-refractivity contribution in [2.45, 2.75) is 31.7 Å². The Hall–Kier alpha value is -3.00. The van der Waals surface area contributed by atoms with Gasteiger partial charge in [0.25, 0.3) is 0 Å². The molecule has 4 rings (SSSR count). The highest BCUT2D eigenvalue weighted by atomic mass is 19.1. The second kappa shape index (κ2) is 8.57. The summed E-state index contributed by atoms with van der Waals surface area (Å²) < 4.78 is 26.6. The summed E-state index contributed by atoms with van der Waals surface area (Å²) in [4.78, 5) is 8.47. The summed E-state index contributed by atoms with van der Waals surface area (Å²) in [6, 6.07) is 5.00. The van der Waals surface area contributed by atoms with E-state index in [4.69, 9.17) is 15.2 Å². The van der Waals surface area contributed by atoms with E-state index in [2.05, 4.69) is 15.1 Å². The maximum absolute atomic E-state index is 14.0. The predicted octanol–water partition coefficient (Wildman–Crippen LogP) is 3.37. The van der Waals surface area contributed by atoms with E-state index >= 15 is 0 Å². The number of halogens is 1. The highest BCUT2D eigenvalue weighted by molar-refractivity contribution is 5.64. The summed E-state index contributed by atoms with van der Waals surface area (Å²) in [6.07, 6.45) is 10.8. The van der Waals surface area contributed by atoms with Crippen molar-refractivity contribution in [2.24, 2.45) is 11.7 Å². The van der Waals surface area contributed by atoms with Crippen LogP contribution in [0.1, 0.15) is 25.7 Å². The van der Waals surface area contributed by atoms with Crippen molar-refractivity contribution in [1.29, 1.82) is 0 Å². The van der Waals surface area contributed by atoms with E-state index in [1.54, 1.807) is 35.4 Å². The van der Waals surface area contributed by atoms with Crippen LogP contribution in [0.5, 0.6) is 11.5 Å². The standard InChI is InChI=1S/C21H24FN5O2/c1-28-19-7-6-17(8-18(19)22)27-11-15(9-26-27)21-20(10-24-13-25-21)29-12-14-2-4-16(23)5-3-14/h6-11,13-14,16H,2-5,12,23H2,1H3/t14-,16+.